The van der Waals surface area contributed by atoms with Gasteiger partial charge in [-0.1, -0.05) is 35.5 Å². The van der Waals surface area contributed by atoms with Crippen molar-refractivity contribution in [2.45, 2.75) is 25.4 Å². The third kappa shape index (κ3) is 2.56. The summed E-state index contributed by atoms with van der Waals surface area (Å²) in [5.74, 6) is 0.980. The number of rotatable bonds is 3. The Bertz CT molecular complexity index is 1060. The maximum absolute atomic E-state index is 5.89. The van der Waals surface area contributed by atoms with Gasteiger partial charge in [-0.15, -0.1) is 10.2 Å². The highest BCUT2D eigenvalue weighted by Gasteiger charge is 2.30. The Kier molecular flexibility index (Phi) is 3.51. The molecule has 8 heteroatoms. The van der Waals surface area contributed by atoms with E-state index in [1.165, 1.54) is 5.56 Å². The first-order chi connectivity index (χ1) is 12.8. The number of nitrogens with one attached hydrogen (secondary N) is 2. The molecule has 2 unspecified atom stereocenters. The van der Waals surface area contributed by atoms with Gasteiger partial charge in [-0.25, -0.2) is 15.8 Å². The summed E-state index contributed by atoms with van der Waals surface area (Å²) in [5.41, 5.74) is 9.77. The first-order valence-electron chi connectivity index (χ1n) is 8.40. The lowest BCUT2D eigenvalue weighted by Crippen LogP contribution is -2.26. The zero-order chi connectivity index (χ0) is 17.5. The van der Waals surface area contributed by atoms with Crippen LogP contribution < -0.4 is 10.9 Å². The second kappa shape index (κ2) is 6.01. The number of aryl methyl sites for hydroxylation is 1. The second-order valence-electron chi connectivity index (χ2n) is 6.33. The maximum Gasteiger partial charge on any atom is 0.257 e. The molecule has 2 N–H and O–H groups in total. The van der Waals surface area contributed by atoms with Crippen LogP contribution in [0.1, 0.15) is 35.7 Å². The summed E-state index contributed by atoms with van der Waals surface area (Å²) < 4.78 is 11.0. The molecular formula is C18H16N6O2. The molecule has 1 aromatic carbocycles. The monoisotopic (exact) mass is 348 g/mol. The highest BCUT2D eigenvalue weighted by atomic mass is 16.5. The van der Waals surface area contributed by atoms with Gasteiger partial charge >= 0.3 is 0 Å². The zero-order valence-corrected chi connectivity index (χ0v) is 14.0. The van der Waals surface area contributed by atoms with Crippen LogP contribution in [0, 0.1) is 6.92 Å². The first-order valence-corrected chi connectivity index (χ1v) is 8.40. The summed E-state index contributed by atoms with van der Waals surface area (Å²) in [7, 11) is 0. The van der Waals surface area contributed by atoms with Gasteiger partial charge in [0.1, 0.15) is 6.04 Å². The van der Waals surface area contributed by atoms with Crippen molar-refractivity contribution in [3.8, 4) is 11.5 Å². The van der Waals surface area contributed by atoms with E-state index in [-0.39, 0.29) is 12.1 Å². The Morgan fingerprint density at radius 3 is 2.81 bits per heavy atom. The van der Waals surface area contributed by atoms with Gasteiger partial charge in [0.2, 0.25) is 11.8 Å². The smallest absolute Gasteiger partial charge is 0.257 e. The quantitative estimate of drug-likeness (QED) is 0.583. The van der Waals surface area contributed by atoms with Crippen molar-refractivity contribution in [1.82, 2.24) is 31.2 Å². The van der Waals surface area contributed by atoms with E-state index >= 15 is 0 Å². The number of fused-ring (bicyclic) bond motifs is 1. The van der Waals surface area contributed by atoms with Gasteiger partial charge in [-0.3, -0.25) is 0 Å². The van der Waals surface area contributed by atoms with Gasteiger partial charge in [0.25, 0.3) is 5.71 Å². The Hall–Kier alpha value is -3.10. The summed E-state index contributed by atoms with van der Waals surface area (Å²) in [5, 5.41) is 13.1. The zero-order valence-electron chi connectivity index (χ0n) is 14.0. The average Bonchev–Trinajstić information content (AvgIpc) is 3.42. The van der Waals surface area contributed by atoms with Crippen LogP contribution in [0.2, 0.25) is 0 Å². The lowest BCUT2D eigenvalue weighted by Gasteiger charge is -2.08. The summed E-state index contributed by atoms with van der Waals surface area (Å²) in [6, 6.07) is 12.3. The van der Waals surface area contributed by atoms with Crippen LogP contribution >= 0.6 is 0 Å². The molecule has 1 aliphatic heterocycles. The predicted octanol–water partition coefficient (Wildman–Crippen LogP) is 2.86. The normalized spacial score (nSPS) is 20.0. The molecule has 0 radical (unpaired) electrons. The molecule has 4 aromatic rings. The van der Waals surface area contributed by atoms with Gasteiger partial charge in [0.05, 0.1) is 16.6 Å². The molecule has 3 aromatic heterocycles. The molecule has 5 rings (SSSR count). The molecule has 0 bridgehead atoms. The molecule has 1 fully saturated rings. The maximum atomic E-state index is 5.89. The fourth-order valence-corrected chi connectivity index (χ4v) is 3.18. The lowest BCUT2D eigenvalue weighted by atomic mass is 10.0. The molecule has 1 aliphatic rings. The van der Waals surface area contributed by atoms with Crippen molar-refractivity contribution in [3.05, 3.63) is 59.7 Å². The minimum atomic E-state index is -0.0459. The van der Waals surface area contributed by atoms with Crippen molar-refractivity contribution < 1.29 is 8.94 Å². The fourth-order valence-electron chi connectivity index (χ4n) is 3.18. The van der Waals surface area contributed by atoms with E-state index < -0.39 is 0 Å². The van der Waals surface area contributed by atoms with Gasteiger partial charge in [-0.05, 0) is 25.0 Å². The van der Waals surface area contributed by atoms with E-state index in [9.17, 15) is 0 Å². The van der Waals surface area contributed by atoms with Crippen LogP contribution in [0.3, 0.4) is 0 Å². The summed E-state index contributed by atoms with van der Waals surface area (Å²) in [6.07, 6.45) is 2.48. The van der Waals surface area contributed by atoms with Gasteiger partial charge in [-0.2, -0.15) is 0 Å². The second-order valence-corrected chi connectivity index (χ2v) is 6.33. The fraction of sp³-hybridized carbons (Fsp3) is 0.222. The molecule has 0 spiro atoms. The standard InChI is InChI=1S/C18H16N6O2/c1-10-13-7-12(9-19-17(13)26-24-10)16-22-23-18(25-16)15-8-14(20-21-15)11-5-3-2-4-6-11/h2-7,9,14-15,20-21H,8H2,1H3. The molecular weight excluding hydrogens is 332 g/mol. The van der Waals surface area contributed by atoms with Crippen LogP contribution in [-0.2, 0) is 0 Å². The minimum absolute atomic E-state index is 0.0459. The summed E-state index contributed by atoms with van der Waals surface area (Å²) >= 11 is 0. The Morgan fingerprint density at radius 2 is 1.92 bits per heavy atom. The van der Waals surface area contributed by atoms with Crippen molar-refractivity contribution in [1.29, 1.82) is 0 Å². The van der Waals surface area contributed by atoms with Crippen molar-refractivity contribution >= 4 is 11.1 Å². The van der Waals surface area contributed by atoms with E-state index in [1.807, 2.05) is 31.2 Å². The number of nitrogens with zero attached hydrogens (tertiary/aromatic N) is 4. The number of pyridine rings is 1. The third-order valence-electron chi connectivity index (χ3n) is 4.60. The average molecular weight is 348 g/mol. The Labute approximate surface area is 148 Å². The molecule has 0 saturated carbocycles. The van der Waals surface area contributed by atoms with E-state index in [4.69, 9.17) is 8.94 Å². The van der Waals surface area contributed by atoms with Crippen LogP contribution in [0.15, 0.2) is 51.5 Å². The number of benzene rings is 1. The van der Waals surface area contributed by atoms with E-state index in [2.05, 4.69) is 43.3 Å². The largest absolute Gasteiger partial charge is 0.419 e. The van der Waals surface area contributed by atoms with Crippen molar-refractivity contribution in [2.24, 2.45) is 0 Å². The van der Waals surface area contributed by atoms with Crippen LogP contribution in [0.5, 0.6) is 0 Å². The number of hydrazine groups is 1. The van der Waals surface area contributed by atoms with E-state index in [0.29, 0.717) is 17.5 Å². The third-order valence-corrected chi connectivity index (χ3v) is 4.60. The molecule has 130 valence electrons. The summed E-state index contributed by atoms with van der Waals surface area (Å²) in [4.78, 5) is 4.25. The van der Waals surface area contributed by atoms with Crippen LogP contribution in [0.25, 0.3) is 22.6 Å². The molecule has 1 saturated heterocycles. The van der Waals surface area contributed by atoms with Gasteiger partial charge < -0.3 is 8.94 Å². The van der Waals surface area contributed by atoms with Gasteiger partial charge in [0.15, 0.2) is 0 Å². The lowest BCUT2D eigenvalue weighted by molar-refractivity contribution is 0.425. The van der Waals surface area contributed by atoms with Crippen LogP contribution in [0.4, 0.5) is 0 Å². The van der Waals surface area contributed by atoms with Crippen molar-refractivity contribution in [2.75, 3.05) is 0 Å². The Morgan fingerprint density at radius 1 is 1.08 bits per heavy atom. The molecule has 8 nitrogen and oxygen atoms in total. The SMILES string of the molecule is Cc1noc2ncc(-c3nnc(C4CC(c5ccccc5)NN4)o3)cc12. The number of aromatic nitrogens is 4. The molecule has 4 heterocycles. The molecule has 0 aliphatic carbocycles. The Balaban J connectivity index is 1.39. The topological polar surface area (TPSA) is 102 Å². The first kappa shape index (κ1) is 15.2. The summed E-state index contributed by atoms with van der Waals surface area (Å²) in [6.45, 7) is 1.87. The minimum Gasteiger partial charge on any atom is -0.419 e. The molecule has 2 atom stereocenters. The number of hydrogen-bond donors (Lipinski definition) is 2. The highest BCUT2D eigenvalue weighted by Crippen LogP contribution is 2.31. The van der Waals surface area contributed by atoms with E-state index in [1.54, 1.807) is 6.20 Å². The highest BCUT2D eigenvalue weighted by molar-refractivity contribution is 5.79. The predicted molar refractivity (Wildman–Crippen MR) is 92.6 cm³/mol. The van der Waals surface area contributed by atoms with Crippen molar-refractivity contribution in [3.63, 3.8) is 0 Å². The van der Waals surface area contributed by atoms with E-state index in [0.717, 1.165) is 23.1 Å². The number of hydrogen-bond acceptors (Lipinski definition) is 8. The molecule has 0 amide bonds. The molecule has 26 heavy (non-hydrogen) atoms. The van der Waals surface area contributed by atoms with Gasteiger partial charge in [0, 0.05) is 12.2 Å². The van der Waals surface area contributed by atoms with Crippen LogP contribution in [-0.4, -0.2) is 20.3 Å².